The summed E-state index contributed by atoms with van der Waals surface area (Å²) in [6.45, 7) is 0. The third-order valence-electron chi connectivity index (χ3n) is 12.4. The van der Waals surface area contributed by atoms with Gasteiger partial charge in [-0.1, -0.05) is 152 Å². The van der Waals surface area contributed by atoms with E-state index in [4.69, 9.17) is 15.0 Å². The Bertz CT molecular complexity index is 3920. The first kappa shape index (κ1) is 35.6. The van der Waals surface area contributed by atoms with Gasteiger partial charge in [0, 0.05) is 64.1 Å². The van der Waals surface area contributed by atoms with Crippen LogP contribution in [0.2, 0.25) is 0 Å². The summed E-state index contributed by atoms with van der Waals surface area (Å²) in [5, 5.41) is 7.29. The van der Waals surface area contributed by atoms with Crippen LogP contribution in [0.15, 0.2) is 212 Å². The van der Waals surface area contributed by atoms with Crippen LogP contribution in [0.4, 0.5) is 0 Å². The summed E-state index contributed by atoms with van der Waals surface area (Å²) in [5.74, 6) is 1.90. The molecule has 0 aliphatic rings. The second kappa shape index (κ2) is 14.2. The Balaban J connectivity index is 1.06. The molecular weight excluding hydrogens is 787 g/mol. The van der Waals surface area contributed by atoms with Gasteiger partial charge < -0.3 is 9.13 Å². The molecule has 0 bridgehead atoms. The minimum atomic E-state index is 0.619. The van der Waals surface area contributed by atoms with E-state index in [-0.39, 0.29) is 0 Å². The lowest BCUT2D eigenvalue weighted by Crippen LogP contribution is -2.03. The van der Waals surface area contributed by atoms with Crippen molar-refractivity contribution in [3.8, 4) is 56.7 Å². The van der Waals surface area contributed by atoms with E-state index < -0.39 is 0 Å². The topological polar surface area (TPSA) is 48.5 Å². The average molecular weight is 822 g/mol. The number of hydrogen-bond acceptors (Lipinski definition) is 4. The maximum absolute atomic E-state index is 5.37. The van der Waals surface area contributed by atoms with Crippen molar-refractivity contribution >= 4 is 75.1 Å². The van der Waals surface area contributed by atoms with Crippen molar-refractivity contribution in [2.45, 2.75) is 0 Å². The van der Waals surface area contributed by atoms with E-state index in [0.29, 0.717) is 17.5 Å². The van der Waals surface area contributed by atoms with E-state index in [2.05, 4.69) is 203 Å². The fraction of sp³-hybridized carbons (Fsp3) is 0. The Morgan fingerprint density at radius 2 is 0.794 bits per heavy atom. The van der Waals surface area contributed by atoms with Gasteiger partial charge >= 0.3 is 0 Å². The predicted octanol–water partition coefficient (Wildman–Crippen LogP) is 15.1. The van der Waals surface area contributed by atoms with E-state index in [1.54, 1.807) is 11.3 Å². The smallest absolute Gasteiger partial charge is 0.166 e. The zero-order chi connectivity index (χ0) is 41.4. The van der Waals surface area contributed by atoms with Gasteiger partial charge in [-0.15, -0.1) is 11.3 Å². The number of thiophene rings is 1. The Morgan fingerprint density at radius 3 is 1.52 bits per heavy atom. The van der Waals surface area contributed by atoms with Crippen LogP contribution in [0.5, 0.6) is 0 Å². The Labute approximate surface area is 366 Å². The lowest BCUT2D eigenvalue weighted by atomic mass is 9.95. The van der Waals surface area contributed by atoms with Gasteiger partial charge in [-0.05, 0) is 71.8 Å². The molecule has 63 heavy (non-hydrogen) atoms. The standard InChI is InChI=1S/C57H35N5S/c1-3-18-36(19-4-1)55-58-56(60-57(59-55)45-29-15-28-41-38-22-10-14-35-51(38)63-54(41)45)44-25-9-13-32-48(44)62-47-31-12-8-24-43(47)53-40(27-17-34-50(53)62)39-26-16-33-49-52(39)42-23-7-11-30-46(42)61(49)37-20-5-2-6-21-37/h1-35H. The van der Waals surface area contributed by atoms with Crippen molar-refractivity contribution in [1.29, 1.82) is 0 Å². The van der Waals surface area contributed by atoms with Crippen LogP contribution in [0.25, 0.3) is 120 Å². The first-order chi connectivity index (χ1) is 31.3. The van der Waals surface area contributed by atoms with Gasteiger partial charge in [0.25, 0.3) is 0 Å². The van der Waals surface area contributed by atoms with Crippen molar-refractivity contribution < 1.29 is 0 Å². The molecule has 294 valence electrons. The van der Waals surface area contributed by atoms with Gasteiger partial charge in [0.15, 0.2) is 17.5 Å². The fourth-order valence-corrected chi connectivity index (χ4v) is 10.9. The molecule has 4 heterocycles. The molecule has 0 unspecified atom stereocenters. The first-order valence-electron chi connectivity index (χ1n) is 21.2. The first-order valence-corrected chi connectivity index (χ1v) is 22.0. The molecule has 0 aliphatic carbocycles. The SMILES string of the molecule is c1ccc(-c2nc(-c3ccccc3-n3c4ccccc4c4c(-c5cccc6c5c5ccccc5n6-c5ccccc5)cccc43)nc(-c3cccc4c3sc3ccccc34)n2)cc1. The minimum absolute atomic E-state index is 0.619. The summed E-state index contributed by atoms with van der Waals surface area (Å²) >= 11 is 1.79. The summed E-state index contributed by atoms with van der Waals surface area (Å²) < 4.78 is 7.20. The van der Waals surface area contributed by atoms with E-state index in [9.17, 15) is 0 Å². The minimum Gasteiger partial charge on any atom is -0.309 e. The zero-order valence-corrected chi connectivity index (χ0v) is 34.7. The number of nitrogens with zero attached hydrogens (tertiary/aromatic N) is 5. The maximum atomic E-state index is 5.37. The molecule has 13 aromatic rings. The zero-order valence-electron chi connectivity index (χ0n) is 33.9. The summed E-state index contributed by atoms with van der Waals surface area (Å²) in [6, 6.07) is 75.5. The van der Waals surface area contributed by atoms with Crippen LogP contribution in [0.3, 0.4) is 0 Å². The molecule has 0 atom stereocenters. The van der Waals surface area contributed by atoms with Gasteiger partial charge in [-0.2, -0.15) is 0 Å². The van der Waals surface area contributed by atoms with E-state index in [1.165, 1.54) is 63.9 Å². The maximum Gasteiger partial charge on any atom is 0.166 e. The van der Waals surface area contributed by atoms with Gasteiger partial charge in [0.2, 0.25) is 0 Å². The molecule has 0 radical (unpaired) electrons. The molecule has 0 N–H and O–H groups in total. The number of hydrogen-bond donors (Lipinski definition) is 0. The molecule has 9 aromatic carbocycles. The van der Waals surface area contributed by atoms with Crippen molar-refractivity contribution in [2.24, 2.45) is 0 Å². The number of aromatic nitrogens is 5. The molecule has 0 amide bonds. The largest absolute Gasteiger partial charge is 0.309 e. The van der Waals surface area contributed by atoms with Crippen molar-refractivity contribution in [2.75, 3.05) is 0 Å². The Hall–Kier alpha value is -8.19. The van der Waals surface area contributed by atoms with Gasteiger partial charge in [-0.3, -0.25) is 0 Å². The van der Waals surface area contributed by atoms with E-state index >= 15 is 0 Å². The lowest BCUT2D eigenvalue weighted by Gasteiger charge is -2.15. The summed E-state index contributed by atoms with van der Waals surface area (Å²) in [4.78, 5) is 15.8. The second-order valence-electron chi connectivity index (χ2n) is 15.9. The van der Waals surface area contributed by atoms with Crippen LogP contribution in [-0.4, -0.2) is 24.1 Å². The second-order valence-corrected chi connectivity index (χ2v) is 17.0. The monoisotopic (exact) mass is 821 g/mol. The molecule has 6 heteroatoms. The molecule has 5 nitrogen and oxygen atoms in total. The molecule has 0 saturated heterocycles. The van der Waals surface area contributed by atoms with Crippen molar-refractivity contribution in [1.82, 2.24) is 24.1 Å². The van der Waals surface area contributed by atoms with Crippen molar-refractivity contribution in [3.63, 3.8) is 0 Å². The third kappa shape index (κ3) is 5.52. The normalized spacial score (nSPS) is 11.8. The van der Waals surface area contributed by atoms with Crippen LogP contribution in [0, 0.1) is 0 Å². The summed E-state index contributed by atoms with van der Waals surface area (Å²) in [6.07, 6.45) is 0. The highest BCUT2D eigenvalue weighted by atomic mass is 32.1. The Kier molecular flexibility index (Phi) is 8.01. The quantitative estimate of drug-likeness (QED) is 0.168. The van der Waals surface area contributed by atoms with Gasteiger partial charge in [0.05, 0.1) is 27.8 Å². The highest BCUT2D eigenvalue weighted by molar-refractivity contribution is 7.26. The number of benzene rings is 9. The molecule has 13 rings (SSSR count). The van der Waals surface area contributed by atoms with Crippen LogP contribution < -0.4 is 0 Å². The Morgan fingerprint density at radius 1 is 0.317 bits per heavy atom. The lowest BCUT2D eigenvalue weighted by molar-refractivity contribution is 1.07. The molecule has 0 aliphatic heterocycles. The molecule has 0 saturated carbocycles. The highest BCUT2D eigenvalue weighted by Gasteiger charge is 2.23. The third-order valence-corrected chi connectivity index (χ3v) is 13.6. The van der Waals surface area contributed by atoms with E-state index in [0.717, 1.165) is 39.1 Å². The van der Waals surface area contributed by atoms with Crippen LogP contribution >= 0.6 is 11.3 Å². The fourth-order valence-electron chi connectivity index (χ4n) is 9.72. The predicted molar refractivity (Wildman–Crippen MR) is 263 cm³/mol. The number of para-hydroxylation sites is 4. The van der Waals surface area contributed by atoms with Gasteiger partial charge in [0.1, 0.15) is 0 Å². The number of rotatable bonds is 6. The molecule has 0 fully saturated rings. The molecular formula is C57H35N5S. The van der Waals surface area contributed by atoms with E-state index in [1.807, 2.05) is 18.2 Å². The summed E-state index contributed by atoms with van der Waals surface area (Å²) in [7, 11) is 0. The average Bonchev–Trinajstić information content (AvgIpc) is 4.02. The van der Waals surface area contributed by atoms with Crippen LogP contribution in [-0.2, 0) is 0 Å². The highest BCUT2D eigenvalue weighted by Crippen LogP contribution is 2.45. The van der Waals surface area contributed by atoms with Gasteiger partial charge in [-0.25, -0.2) is 15.0 Å². The summed E-state index contributed by atoms with van der Waals surface area (Å²) in [5.41, 5.74) is 12.0. The number of fused-ring (bicyclic) bond motifs is 9. The van der Waals surface area contributed by atoms with Crippen molar-refractivity contribution in [3.05, 3.63) is 212 Å². The van der Waals surface area contributed by atoms with Crippen LogP contribution in [0.1, 0.15) is 0 Å². The molecule has 4 aromatic heterocycles. The molecule has 0 spiro atoms.